The van der Waals surface area contributed by atoms with E-state index in [1.165, 1.54) is 25.8 Å². The van der Waals surface area contributed by atoms with Crippen LogP contribution in [0.3, 0.4) is 0 Å². The highest BCUT2D eigenvalue weighted by Crippen LogP contribution is 2.36. The summed E-state index contributed by atoms with van der Waals surface area (Å²) in [7, 11) is -1.70. The maximum absolute atomic E-state index is 13.7. The van der Waals surface area contributed by atoms with Crippen molar-refractivity contribution in [2.75, 3.05) is 18.5 Å². The molecule has 166 valence electrons. The van der Waals surface area contributed by atoms with E-state index < -0.39 is 32.5 Å². The predicted octanol–water partition coefficient (Wildman–Crippen LogP) is 4.71. The second-order valence-corrected chi connectivity index (χ2v) is 8.88. The Morgan fingerprint density at radius 2 is 1.84 bits per heavy atom. The first-order chi connectivity index (χ1) is 14.6. The molecule has 0 atom stereocenters. The Morgan fingerprint density at radius 3 is 2.42 bits per heavy atom. The van der Waals surface area contributed by atoms with Gasteiger partial charge in [0.05, 0.1) is 31.2 Å². The molecule has 0 aliphatic rings. The average Bonchev–Trinajstić information content (AvgIpc) is 3.25. The molecule has 0 saturated carbocycles. The third-order valence-corrected chi connectivity index (χ3v) is 6.91. The summed E-state index contributed by atoms with van der Waals surface area (Å²) in [5.41, 5.74) is -1.25. The van der Waals surface area contributed by atoms with E-state index >= 15 is 0 Å². The van der Waals surface area contributed by atoms with E-state index in [2.05, 4.69) is 4.98 Å². The molecule has 1 heterocycles. The normalized spacial score (nSPS) is 11.9. The molecule has 0 aliphatic heterocycles. The van der Waals surface area contributed by atoms with Gasteiger partial charge in [0, 0.05) is 23.2 Å². The molecule has 0 spiro atoms. The van der Waals surface area contributed by atoms with Crippen LogP contribution in [0.5, 0.6) is 11.5 Å². The van der Waals surface area contributed by atoms with Gasteiger partial charge in [0.1, 0.15) is 17.3 Å². The highest BCUT2D eigenvalue weighted by Gasteiger charge is 2.37. The SMILES string of the molecule is COc1ccc(CN(c2nccs2)S(=O)(=O)c2ccc(F)c(C(F)(F)F)c2)c(OC)c1. The lowest BCUT2D eigenvalue weighted by Crippen LogP contribution is -2.31. The number of hydrogen-bond donors (Lipinski definition) is 0. The number of alkyl halides is 3. The fourth-order valence-electron chi connectivity index (χ4n) is 2.74. The monoisotopic (exact) mass is 476 g/mol. The van der Waals surface area contributed by atoms with Gasteiger partial charge >= 0.3 is 6.18 Å². The van der Waals surface area contributed by atoms with Crippen molar-refractivity contribution in [3.63, 3.8) is 0 Å². The topological polar surface area (TPSA) is 68.7 Å². The van der Waals surface area contributed by atoms with Gasteiger partial charge in [-0.2, -0.15) is 13.2 Å². The second-order valence-electron chi connectivity index (χ2n) is 6.14. The number of nitrogens with zero attached hydrogens (tertiary/aromatic N) is 2. The summed E-state index contributed by atoms with van der Waals surface area (Å²) in [6.45, 7) is -0.290. The highest BCUT2D eigenvalue weighted by molar-refractivity contribution is 7.93. The smallest absolute Gasteiger partial charge is 0.419 e. The molecule has 3 aromatic rings. The molecule has 0 N–H and O–H groups in total. The fraction of sp³-hybridized carbons (Fsp3) is 0.211. The number of aromatic nitrogens is 1. The Hall–Kier alpha value is -2.86. The number of benzene rings is 2. The number of methoxy groups -OCH3 is 2. The van der Waals surface area contributed by atoms with Gasteiger partial charge in [0.25, 0.3) is 10.0 Å². The Balaban J connectivity index is 2.10. The molecule has 6 nitrogen and oxygen atoms in total. The molecule has 31 heavy (non-hydrogen) atoms. The van der Waals surface area contributed by atoms with Crippen molar-refractivity contribution in [2.24, 2.45) is 0 Å². The number of sulfonamides is 1. The predicted molar refractivity (Wildman–Crippen MR) is 106 cm³/mol. The number of halogens is 4. The molecule has 0 bridgehead atoms. The summed E-state index contributed by atoms with van der Waals surface area (Å²) >= 11 is 0.980. The van der Waals surface area contributed by atoms with Gasteiger partial charge in [0.15, 0.2) is 5.13 Å². The van der Waals surface area contributed by atoms with Crippen LogP contribution in [-0.4, -0.2) is 27.6 Å². The molecule has 0 fully saturated rings. The van der Waals surface area contributed by atoms with Crippen molar-refractivity contribution in [3.05, 3.63) is 64.9 Å². The van der Waals surface area contributed by atoms with Crippen LogP contribution in [0.25, 0.3) is 0 Å². The Bertz CT molecular complexity index is 1170. The van der Waals surface area contributed by atoms with Crippen LogP contribution in [0.4, 0.5) is 22.7 Å². The summed E-state index contributed by atoms with van der Waals surface area (Å²) in [6, 6.07) is 6.23. The number of anilines is 1. The average molecular weight is 476 g/mol. The third kappa shape index (κ3) is 4.74. The van der Waals surface area contributed by atoms with Crippen LogP contribution in [0.15, 0.2) is 52.9 Å². The van der Waals surface area contributed by atoms with Crippen LogP contribution < -0.4 is 13.8 Å². The Kier molecular flexibility index (Phi) is 6.41. The minimum absolute atomic E-state index is 0.0238. The van der Waals surface area contributed by atoms with Gasteiger partial charge in [0.2, 0.25) is 0 Å². The van der Waals surface area contributed by atoms with Crippen LogP contribution in [0.2, 0.25) is 0 Å². The van der Waals surface area contributed by atoms with Gasteiger partial charge in [-0.05, 0) is 30.3 Å². The minimum Gasteiger partial charge on any atom is -0.497 e. The maximum atomic E-state index is 13.7. The maximum Gasteiger partial charge on any atom is 0.419 e. The van der Waals surface area contributed by atoms with E-state index in [-0.39, 0.29) is 17.7 Å². The van der Waals surface area contributed by atoms with E-state index in [0.29, 0.717) is 23.1 Å². The fourth-order valence-corrected chi connectivity index (χ4v) is 5.03. The summed E-state index contributed by atoms with van der Waals surface area (Å²) in [6.07, 6.45) is -3.69. The van der Waals surface area contributed by atoms with Crippen molar-refractivity contribution >= 4 is 26.5 Å². The van der Waals surface area contributed by atoms with Crippen LogP contribution >= 0.6 is 11.3 Å². The molecule has 0 saturated heterocycles. The lowest BCUT2D eigenvalue weighted by molar-refractivity contribution is -0.140. The first-order valence-electron chi connectivity index (χ1n) is 8.58. The molecular weight excluding hydrogens is 460 g/mol. The van der Waals surface area contributed by atoms with Gasteiger partial charge in [-0.15, -0.1) is 11.3 Å². The quantitative estimate of drug-likeness (QED) is 0.462. The summed E-state index contributed by atoms with van der Waals surface area (Å²) in [4.78, 5) is 3.27. The van der Waals surface area contributed by atoms with Crippen molar-refractivity contribution in [2.45, 2.75) is 17.6 Å². The van der Waals surface area contributed by atoms with Crippen LogP contribution in [-0.2, 0) is 22.7 Å². The molecular formula is C19H16F4N2O4S2. The highest BCUT2D eigenvalue weighted by atomic mass is 32.2. The largest absolute Gasteiger partial charge is 0.497 e. The first-order valence-corrected chi connectivity index (χ1v) is 10.9. The Morgan fingerprint density at radius 1 is 1.10 bits per heavy atom. The van der Waals surface area contributed by atoms with E-state index in [0.717, 1.165) is 21.7 Å². The van der Waals surface area contributed by atoms with E-state index in [1.807, 2.05) is 0 Å². The van der Waals surface area contributed by atoms with Crippen molar-refractivity contribution in [3.8, 4) is 11.5 Å². The third-order valence-electron chi connectivity index (χ3n) is 4.27. The van der Waals surface area contributed by atoms with E-state index in [1.54, 1.807) is 18.2 Å². The summed E-state index contributed by atoms with van der Waals surface area (Å²) in [5.74, 6) is -0.784. The van der Waals surface area contributed by atoms with Crippen molar-refractivity contribution in [1.29, 1.82) is 0 Å². The lowest BCUT2D eigenvalue weighted by atomic mass is 10.2. The molecule has 0 amide bonds. The molecule has 0 aliphatic carbocycles. The van der Waals surface area contributed by atoms with Gasteiger partial charge in [-0.25, -0.2) is 22.1 Å². The molecule has 2 aromatic carbocycles. The number of rotatable bonds is 7. The van der Waals surface area contributed by atoms with Gasteiger partial charge < -0.3 is 9.47 Å². The molecule has 0 unspecified atom stereocenters. The van der Waals surface area contributed by atoms with Crippen LogP contribution in [0, 0.1) is 5.82 Å². The molecule has 0 radical (unpaired) electrons. The Labute approximate surface area is 179 Å². The zero-order chi connectivity index (χ0) is 22.8. The van der Waals surface area contributed by atoms with E-state index in [4.69, 9.17) is 9.47 Å². The zero-order valence-corrected chi connectivity index (χ0v) is 17.8. The van der Waals surface area contributed by atoms with E-state index in [9.17, 15) is 26.0 Å². The number of thiazole rings is 1. The number of ether oxygens (including phenoxy) is 2. The van der Waals surface area contributed by atoms with Crippen molar-refractivity contribution in [1.82, 2.24) is 4.98 Å². The minimum atomic E-state index is -5.05. The lowest BCUT2D eigenvalue weighted by Gasteiger charge is -2.23. The molecule has 12 heteroatoms. The number of hydrogen-bond acceptors (Lipinski definition) is 6. The van der Waals surface area contributed by atoms with Crippen LogP contribution in [0.1, 0.15) is 11.1 Å². The standard InChI is InChI=1S/C19H16F4N2O4S2/c1-28-13-4-3-12(17(9-13)29-2)11-25(18-24-7-8-30-18)31(26,27)14-5-6-16(20)15(10-14)19(21,22)23/h3-10H,11H2,1-2H3. The van der Waals surface area contributed by atoms with Gasteiger partial charge in [-0.3, -0.25) is 0 Å². The van der Waals surface area contributed by atoms with Gasteiger partial charge in [-0.1, -0.05) is 0 Å². The summed E-state index contributed by atoms with van der Waals surface area (Å²) < 4.78 is 90.9. The first kappa shape index (κ1) is 22.8. The molecule has 3 rings (SSSR count). The molecule has 1 aromatic heterocycles. The summed E-state index contributed by atoms with van der Waals surface area (Å²) in [5, 5.41) is 1.55. The second kappa shape index (κ2) is 8.71. The zero-order valence-electron chi connectivity index (χ0n) is 16.2. The van der Waals surface area contributed by atoms with Crippen molar-refractivity contribution < 1.29 is 35.5 Å².